The summed E-state index contributed by atoms with van der Waals surface area (Å²) in [6, 6.07) is 12.0. The Labute approximate surface area is 111 Å². The molecule has 1 aromatic carbocycles. The standard InChI is InChI=1S/C14H14ClFN2/c1-2-12(10-6-8-11(16)9-7-10)17-14-5-3-4-13(15)18-14/h3-9,12H,2H2,1H3,(H,17,18). The average molecular weight is 265 g/mol. The van der Waals surface area contributed by atoms with Gasteiger partial charge in [-0.05, 0) is 36.2 Å². The average Bonchev–Trinajstić information content (AvgIpc) is 2.37. The van der Waals surface area contributed by atoms with Crippen LogP contribution >= 0.6 is 11.6 Å². The van der Waals surface area contributed by atoms with Crippen molar-refractivity contribution in [2.45, 2.75) is 19.4 Å². The van der Waals surface area contributed by atoms with Crippen LogP contribution in [-0.2, 0) is 0 Å². The fourth-order valence-corrected chi connectivity index (χ4v) is 1.95. The van der Waals surface area contributed by atoms with Crippen molar-refractivity contribution < 1.29 is 4.39 Å². The molecule has 1 aromatic heterocycles. The second kappa shape index (κ2) is 5.83. The lowest BCUT2D eigenvalue weighted by atomic mass is 10.0. The monoisotopic (exact) mass is 264 g/mol. The molecule has 2 rings (SSSR count). The van der Waals surface area contributed by atoms with Gasteiger partial charge in [0.1, 0.15) is 16.8 Å². The van der Waals surface area contributed by atoms with Crippen molar-refractivity contribution >= 4 is 17.4 Å². The molecule has 0 saturated carbocycles. The summed E-state index contributed by atoms with van der Waals surface area (Å²) in [5.74, 6) is 0.494. The lowest BCUT2D eigenvalue weighted by Crippen LogP contribution is -2.10. The van der Waals surface area contributed by atoms with Crippen molar-refractivity contribution in [3.8, 4) is 0 Å². The second-order valence-corrected chi connectivity index (χ2v) is 4.39. The van der Waals surface area contributed by atoms with Crippen molar-refractivity contribution in [3.05, 3.63) is 59.0 Å². The summed E-state index contributed by atoms with van der Waals surface area (Å²) in [7, 11) is 0. The van der Waals surface area contributed by atoms with E-state index in [4.69, 9.17) is 11.6 Å². The molecule has 0 amide bonds. The molecule has 0 spiro atoms. The molecule has 0 bridgehead atoms. The Morgan fingerprint density at radius 3 is 2.56 bits per heavy atom. The van der Waals surface area contributed by atoms with Crippen molar-refractivity contribution in [1.82, 2.24) is 4.98 Å². The third-order valence-corrected chi connectivity index (χ3v) is 2.93. The van der Waals surface area contributed by atoms with Gasteiger partial charge >= 0.3 is 0 Å². The Bertz CT molecular complexity index is 513. The van der Waals surface area contributed by atoms with Crippen LogP contribution in [0.25, 0.3) is 0 Å². The zero-order chi connectivity index (χ0) is 13.0. The molecular formula is C14H14ClFN2. The molecule has 0 aliphatic heterocycles. The lowest BCUT2D eigenvalue weighted by Gasteiger charge is -2.18. The van der Waals surface area contributed by atoms with E-state index < -0.39 is 0 Å². The molecule has 2 nitrogen and oxygen atoms in total. The molecule has 0 saturated heterocycles. The molecule has 1 N–H and O–H groups in total. The molecule has 94 valence electrons. The SMILES string of the molecule is CCC(Nc1cccc(Cl)n1)c1ccc(F)cc1. The summed E-state index contributed by atoms with van der Waals surface area (Å²) < 4.78 is 12.9. The summed E-state index contributed by atoms with van der Waals surface area (Å²) in [6.07, 6.45) is 0.875. The Morgan fingerprint density at radius 2 is 1.94 bits per heavy atom. The Hall–Kier alpha value is -1.61. The summed E-state index contributed by atoms with van der Waals surface area (Å²) in [4.78, 5) is 4.18. The minimum Gasteiger partial charge on any atom is -0.363 e. The number of hydrogen-bond acceptors (Lipinski definition) is 2. The number of aromatic nitrogens is 1. The van der Waals surface area contributed by atoms with E-state index in [0.29, 0.717) is 5.15 Å². The lowest BCUT2D eigenvalue weighted by molar-refractivity contribution is 0.625. The van der Waals surface area contributed by atoms with Crippen LogP contribution in [0.4, 0.5) is 10.2 Å². The first-order valence-corrected chi connectivity index (χ1v) is 6.21. The number of hydrogen-bond donors (Lipinski definition) is 1. The van der Waals surface area contributed by atoms with E-state index in [2.05, 4.69) is 17.2 Å². The first-order valence-electron chi connectivity index (χ1n) is 5.83. The van der Waals surface area contributed by atoms with E-state index in [-0.39, 0.29) is 11.9 Å². The molecule has 0 radical (unpaired) electrons. The number of nitrogens with one attached hydrogen (secondary N) is 1. The van der Waals surface area contributed by atoms with Gasteiger partial charge in [0.2, 0.25) is 0 Å². The highest BCUT2D eigenvalue weighted by Crippen LogP contribution is 2.22. The molecular weight excluding hydrogens is 251 g/mol. The number of halogens is 2. The third kappa shape index (κ3) is 3.20. The first-order chi connectivity index (χ1) is 8.69. The van der Waals surface area contributed by atoms with Gasteiger partial charge in [0, 0.05) is 0 Å². The Balaban J connectivity index is 2.17. The molecule has 2 aromatic rings. The van der Waals surface area contributed by atoms with Crippen molar-refractivity contribution in [2.75, 3.05) is 5.32 Å². The Kier molecular flexibility index (Phi) is 4.15. The van der Waals surface area contributed by atoms with Gasteiger partial charge in [-0.2, -0.15) is 0 Å². The van der Waals surface area contributed by atoms with E-state index in [1.807, 2.05) is 12.1 Å². The van der Waals surface area contributed by atoms with Crippen LogP contribution < -0.4 is 5.32 Å². The molecule has 0 aliphatic rings. The molecule has 1 atom stereocenters. The van der Waals surface area contributed by atoms with Crippen LogP contribution in [0.2, 0.25) is 5.15 Å². The maximum absolute atomic E-state index is 12.9. The maximum atomic E-state index is 12.9. The van der Waals surface area contributed by atoms with Gasteiger partial charge in [-0.25, -0.2) is 9.37 Å². The van der Waals surface area contributed by atoms with E-state index >= 15 is 0 Å². The van der Waals surface area contributed by atoms with Gasteiger partial charge in [0.05, 0.1) is 6.04 Å². The fraction of sp³-hybridized carbons (Fsp3) is 0.214. The molecule has 18 heavy (non-hydrogen) atoms. The van der Waals surface area contributed by atoms with Gasteiger partial charge in [-0.3, -0.25) is 0 Å². The van der Waals surface area contributed by atoms with Gasteiger partial charge in [-0.15, -0.1) is 0 Å². The van der Waals surface area contributed by atoms with Crippen molar-refractivity contribution in [2.24, 2.45) is 0 Å². The Morgan fingerprint density at radius 1 is 1.22 bits per heavy atom. The molecule has 0 aliphatic carbocycles. The largest absolute Gasteiger partial charge is 0.363 e. The summed E-state index contributed by atoms with van der Waals surface area (Å²) in [5.41, 5.74) is 1.03. The first kappa shape index (κ1) is 12.8. The van der Waals surface area contributed by atoms with Crippen LogP contribution in [0.3, 0.4) is 0 Å². The van der Waals surface area contributed by atoms with Gasteiger partial charge in [-0.1, -0.05) is 36.7 Å². The highest BCUT2D eigenvalue weighted by Gasteiger charge is 2.09. The highest BCUT2D eigenvalue weighted by atomic mass is 35.5. The van der Waals surface area contributed by atoms with Crippen LogP contribution in [0, 0.1) is 5.82 Å². The van der Waals surface area contributed by atoms with Crippen molar-refractivity contribution in [1.29, 1.82) is 0 Å². The predicted octanol–water partition coefficient (Wildman–Crippen LogP) is 4.44. The van der Waals surface area contributed by atoms with E-state index in [1.165, 1.54) is 12.1 Å². The number of benzene rings is 1. The summed E-state index contributed by atoms with van der Waals surface area (Å²) in [6.45, 7) is 2.06. The quantitative estimate of drug-likeness (QED) is 0.826. The van der Waals surface area contributed by atoms with Crippen LogP contribution in [0.5, 0.6) is 0 Å². The zero-order valence-electron chi connectivity index (χ0n) is 10.0. The van der Waals surface area contributed by atoms with Gasteiger partial charge < -0.3 is 5.32 Å². The molecule has 1 unspecified atom stereocenters. The van der Waals surface area contributed by atoms with Crippen LogP contribution in [-0.4, -0.2) is 4.98 Å². The minimum atomic E-state index is -0.227. The minimum absolute atomic E-state index is 0.0940. The molecule has 4 heteroatoms. The molecule has 1 heterocycles. The topological polar surface area (TPSA) is 24.9 Å². The predicted molar refractivity (Wildman–Crippen MR) is 72.3 cm³/mol. The number of nitrogens with zero attached hydrogens (tertiary/aromatic N) is 1. The van der Waals surface area contributed by atoms with Crippen LogP contribution in [0.1, 0.15) is 24.9 Å². The summed E-state index contributed by atoms with van der Waals surface area (Å²) >= 11 is 5.84. The smallest absolute Gasteiger partial charge is 0.131 e. The summed E-state index contributed by atoms with van der Waals surface area (Å²) in [5, 5.41) is 3.74. The highest BCUT2D eigenvalue weighted by molar-refractivity contribution is 6.29. The third-order valence-electron chi connectivity index (χ3n) is 2.72. The number of anilines is 1. The number of rotatable bonds is 4. The maximum Gasteiger partial charge on any atom is 0.131 e. The molecule has 0 fully saturated rings. The zero-order valence-corrected chi connectivity index (χ0v) is 10.8. The van der Waals surface area contributed by atoms with Gasteiger partial charge in [0.25, 0.3) is 0 Å². The van der Waals surface area contributed by atoms with Crippen LogP contribution in [0.15, 0.2) is 42.5 Å². The van der Waals surface area contributed by atoms with E-state index in [9.17, 15) is 4.39 Å². The number of pyridine rings is 1. The van der Waals surface area contributed by atoms with Crippen molar-refractivity contribution in [3.63, 3.8) is 0 Å². The van der Waals surface area contributed by atoms with E-state index in [0.717, 1.165) is 17.8 Å². The second-order valence-electron chi connectivity index (χ2n) is 4.00. The van der Waals surface area contributed by atoms with Gasteiger partial charge in [0.15, 0.2) is 0 Å². The fourth-order valence-electron chi connectivity index (χ4n) is 1.78. The van der Waals surface area contributed by atoms with E-state index in [1.54, 1.807) is 18.2 Å². The normalized spacial score (nSPS) is 12.2.